The Labute approximate surface area is 189 Å². The summed E-state index contributed by atoms with van der Waals surface area (Å²) in [6.07, 6.45) is 1.66. The standard InChI is InChI=1S/C23H29N5O2.ClH/c1-16-11-13-28(26-12-10-18-6-4-3-5-7-18)23(30)20(16)14-22(29)25-15-19-8-9-21(24)27-17(19)2;/h3-9,26H,10-15H2,1-2H3,(H2,24,27)(H,25,29);1H. The molecule has 0 saturated carbocycles. The van der Waals surface area contributed by atoms with Crippen LogP contribution in [0.4, 0.5) is 5.82 Å². The fourth-order valence-electron chi connectivity index (χ4n) is 3.45. The number of rotatable bonds is 8. The van der Waals surface area contributed by atoms with Gasteiger partial charge >= 0.3 is 0 Å². The number of carbonyl (C=O) groups excluding carboxylic acids is 2. The molecule has 1 aromatic heterocycles. The molecule has 166 valence electrons. The zero-order valence-electron chi connectivity index (χ0n) is 18.0. The third kappa shape index (κ3) is 6.80. The minimum absolute atomic E-state index is 0. The molecule has 3 rings (SSSR count). The molecule has 1 aromatic carbocycles. The molecule has 7 nitrogen and oxygen atoms in total. The van der Waals surface area contributed by atoms with Crippen molar-refractivity contribution < 1.29 is 9.59 Å². The average molecular weight is 444 g/mol. The van der Waals surface area contributed by atoms with Crippen LogP contribution in [0.15, 0.2) is 53.6 Å². The van der Waals surface area contributed by atoms with Gasteiger partial charge in [0, 0.05) is 30.9 Å². The Hall–Kier alpha value is -2.90. The minimum Gasteiger partial charge on any atom is -0.384 e. The maximum Gasteiger partial charge on any atom is 0.264 e. The summed E-state index contributed by atoms with van der Waals surface area (Å²) in [6, 6.07) is 13.7. The maximum atomic E-state index is 12.9. The first-order valence-electron chi connectivity index (χ1n) is 10.2. The van der Waals surface area contributed by atoms with E-state index in [1.165, 1.54) is 5.56 Å². The van der Waals surface area contributed by atoms with Crippen molar-refractivity contribution in [1.82, 2.24) is 20.7 Å². The van der Waals surface area contributed by atoms with Crippen molar-refractivity contribution >= 4 is 30.0 Å². The van der Waals surface area contributed by atoms with Gasteiger partial charge in [-0.25, -0.2) is 10.4 Å². The highest BCUT2D eigenvalue weighted by Gasteiger charge is 2.26. The third-order valence-corrected chi connectivity index (χ3v) is 5.32. The molecular formula is C23H30ClN5O2. The Morgan fingerprint density at radius 1 is 1.16 bits per heavy atom. The molecule has 31 heavy (non-hydrogen) atoms. The average Bonchev–Trinajstić information content (AvgIpc) is 2.73. The lowest BCUT2D eigenvalue weighted by molar-refractivity contribution is -0.132. The number of nitrogens with two attached hydrogens (primary N) is 1. The van der Waals surface area contributed by atoms with Crippen LogP contribution in [-0.4, -0.2) is 34.9 Å². The van der Waals surface area contributed by atoms with E-state index < -0.39 is 0 Å². The van der Waals surface area contributed by atoms with E-state index in [0.29, 0.717) is 31.0 Å². The number of nitrogen functional groups attached to an aromatic ring is 1. The Morgan fingerprint density at radius 3 is 2.61 bits per heavy atom. The van der Waals surface area contributed by atoms with Crippen LogP contribution < -0.4 is 16.5 Å². The van der Waals surface area contributed by atoms with Crippen molar-refractivity contribution in [3.05, 3.63) is 70.4 Å². The third-order valence-electron chi connectivity index (χ3n) is 5.32. The highest BCUT2D eigenvalue weighted by Crippen LogP contribution is 2.20. The van der Waals surface area contributed by atoms with Crippen LogP contribution >= 0.6 is 12.4 Å². The second-order valence-corrected chi connectivity index (χ2v) is 7.54. The fraction of sp³-hybridized carbons (Fsp3) is 0.348. The summed E-state index contributed by atoms with van der Waals surface area (Å²) in [4.78, 5) is 29.6. The second-order valence-electron chi connectivity index (χ2n) is 7.54. The largest absolute Gasteiger partial charge is 0.384 e. The molecule has 2 amide bonds. The number of halogens is 1. The first kappa shape index (κ1) is 24.4. The van der Waals surface area contributed by atoms with Gasteiger partial charge in [0.15, 0.2) is 0 Å². The van der Waals surface area contributed by atoms with Crippen LogP contribution in [0.2, 0.25) is 0 Å². The van der Waals surface area contributed by atoms with Crippen LogP contribution in [0.3, 0.4) is 0 Å². The summed E-state index contributed by atoms with van der Waals surface area (Å²) < 4.78 is 0. The number of aryl methyl sites for hydroxylation is 1. The van der Waals surface area contributed by atoms with Gasteiger partial charge in [0.05, 0.1) is 6.42 Å². The van der Waals surface area contributed by atoms with Crippen LogP contribution in [0.25, 0.3) is 0 Å². The Morgan fingerprint density at radius 2 is 1.90 bits per heavy atom. The van der Waals surface area contributed by atoms with Gasteiger partial charge in [-0.3, -0.25) is 14.6 Å². The normalized spacial score (nSPS) is 13.7. The minimum atomic E-state index is -0.180. The van der Waals surface area contributed by atoms with E-state index in [0.717, 1.165) is 29.7 Å². The summed E-state index contributed by atoms with van der Waals surface area (Å²) >= 11 is 0. The van der Waals surface area contributed by atoms with Crippen LogP contribution in [-0.2, 0) is 22.6 Å². The molecule has 2 aromatic rings. The van der Waals surface area contributed by atoms with Gasteiger partial charge in [-0.05, 0) is 43.9 Å². The molecule has 0 aliphatic carbocycles. The Bertz CT molecular complexity index is 946. The molecule has 1 aliphatic heterocycles. The topological polar surface area (TPSA) is 100 Å². The predicted octanol–water partition coefficient (Wildman–Crippen LogP) is 2.70. The summed E-state index contributed by atoms with van der Waals surface area (Å²) in [6.45, 7) is 5.42. The SMILES string of the molecule is CC1=C(CC(=O)NCc2ccc(N)nc2C)C(=O)N(NCCc2ccccc2)CC1.Cl. The van der Waals surface area contributed by atoms with Gasteiger partial charge in [-0.1, -0.05) is 42.0 Å². The molecule has 0 fully saturated rings. The number of aromatic nitrogens is 1. The number of nitrogens with one attached hydrogen (secondary N) is 2. The Balaban J connectivity index is 0.00000341. The number of hydrogen-bond acceptors (Lipinski definition) is 5. The molecule has 4 N–H and O–H groups in total. The maximum absolute atomic E-state index is 12.9. The molecule has 0 spiro atoms. The number of carbonyl (C=O) groups is 2. The smallest absolute Gasteiger partial charge is 0.264 e. The highest BCUT2D eigenvalue weighted by atomic mass is 35.5. The predicted molar refractivity (Wildman–Crippen MR) is 124 cm³/mol. The quantitative estimate of drug-likeness (QED) is 0.582. The van der Waals surface area contributed by atoms with Gasteiger partial charge < -0.3 is 11.1 Å². The van der Waals surface area contributed by atoms with Gasteiger partial charge in [-0.2, -0.15) is 0 Å². The number of nitrogens with zero attached hydrogens (tertiary/aromatic N) is 2. The van der Waals surface area contributed by atoms with Crippen molar-refractivity contribution in [1.29, 1.82) is 0 Å². The van der Waals surface area contributed by atoms with E-state index in [1.807, 2.05) is 38.1 Å². The van der Waals surface area contributed by atoms with E-state index in [2.05, 4.69) is 27.9 Å². The zero-order chi connectivity index (χ0) is 21.5. The van der Waals surface area contributed by atoms with Crippen LogP contribution in [0, 0.1) is 6.92 Å². The lowest BCUT2D eigenvalue weighted by Gasteiger charge is -2.30. The fourth-order valence-corrected chi connectivity index (χ4v) is 3.45. The van der Waals surface area contributed by atoms with Crippen LogP contribution in [0.5, 0.6) is 0 Å². The van der Waals surface area contributed by atoms with E-state index in [-0.39, 0.29) is 30.6 Å². The van der Waals surface area contributed by atoms with E-state index in [9.17, 15) is 9.59 Å². The van der Waals surface area contributed by atoms with Crippen molar-refractivity contribution in [3.63, 3.8) is 0 Å². The van der Waals surface area contributed by atoms with Crippen molar-refractivity contribution in [2.24, 2.45) is 0 Å². The van der Waals surface area contributed by atoms with Gasteiger partial charge in [0.2, 0.25) is 5.91 Å². The molecular weight excluding hydrogens is 414 g/mol. The van der Waals surface area contributed by atoms with Gasteiger partial charge in [-0.15, -0.1) is 12.4 Å². The summed E-state index contributed by atoms with van der Waals surface area (Å²) in [5.74, 6) is 0.156. The molecule has 8 heteroatoms. The van der Waals surface area contributed by atoms with Crippen molar-refractivity contribution in [2.45, 2.75) is 39.7 Å². The molecule has 0 radical (unpaired) electrons. The van der Waals surface area contributed by atoms with E-state index >= 15 is 0 Å². The zero-order valence-corrected chi connectivity index (χ0v) is 18.8. The monoisotopic (exact) mass is 443 g/mol. The molecule has 0 saturated heterocycles. The molecule has 0 atom stereocenters. The number of pyridine rings is 1. The Kier molecular flexibility index (Phi) is 9.03. The van der Waals surface area contributed by atoms with Gasteiger partial charge in [0.1, 0.15) is 5.82 Å². The molecule has 1 aliphatic rings. The first-order chi connectivity index (χ1) is 14.4. The molecule has 2 heterocycles. The van der Waals surface area contributed by atoms with E-state index in [1.54, 1.807) is 11.1 Å². The van der Waals surface area contributed by atoms with Crippen molar-refractivity contribution in [2.75, 3.05) is 18.8 Å². The van der Waals surface area contributed by atoms with E-state index in [4.69, 9.17) is 5.73 Å². The number of hydrazine groups is 1. The highest BCUT2D eigenvalue weighted by molar-refractivity contribution is 5.99. The summed E-state index contributed by atoms with van der Waals surface area (Å²) in [5.41, 5.74) is 13.3. The van der Waals surface area contributed by atoms with Crippen molar-refractivity contribution in [3.8, 4) is 0 Å². The summed E-state index contributed by atoms with van der Waals surface area (Å²) in [7, 11) is 0. The summed E-state index contributed by atoms with van der Waals surface area (Å²) in [5, 5.41) is 4.51. The number of anilines is 1. The first-order valence-corrected chi connectivity index (χ1v) is 10.2. The second kappa shape index (κ2) is 11.5. The van der Waals surface area contributed by atoms with Gasteiger partial charge in [0.25, 0.3) is 5.91 Å². The number of benzene rings is 1. The molecule has 0 unspecified atom stereocenters. The molecule has 0 bridgehead atoms. The number of hydrogen-bond donors (Lipinski definition) is 3. The van der Waals surface area contributed by atoms with Crippen LogP contribution in [0.1, 0.15) is 36.6 Å². The lowest BCUT2D eigenvalue weighted by Crippen LogP contribution is -2.47. The lowest BCUT2D eigenvalue weighted by atomic mass is 9.98. The number of amides is 2.